The molecule has 0 spiro atoms. The van der Waals surface area contributed by atoms with Crippen LogP contribution in [-0.2, 0) is 10.2 Å². The highest BCUT2D eigenvalue weighted by molar-refractivity contribution is 6.31. The van der Waals surface area contributed by atoms with Gasteiger partial charge >= 0.3 is 5.97 Å². The number of hydrogen-bond acceptors (Lipinski definition) is 5. The molecule has 0 aliphatic heterocycles. The second-order valence-corrected chi connectivity index (χ2v) is 9.44. The van der Waals surface area contributed by atoms with E-state index >= 15 is 0 Å². The monoisotopic (exact) mass is 476 g/mol. The van der Waals surface area contributed by atoms with Crippen molar-refractivity contribution in [2.24, 2.45) is 5.92 Å². The van der Waals surface area contributed by atoms with Gasteiger partial charge in [0.15, 0.2) is 5.82 Å². The predicted molar refractivity (Wildman–Crippen MR) is 115 cm³/mol. The van der Waals surface area contributed by atoms with Crippen molar-refractivity contribution >= 4 is 17.6 Å². The fourth-order valence-corrected chi connectivity index (χ4v) is 5.21. The molecule has 7 nitrogen and oxygen atoms in total. The Labute approximate surface area is 193 Å². The summed E-state index contributed by atoms with van der Waals surface area (Å²) in [6, 6.07) is 6.93. The van der Waals surface area contributed by atoms with Gasteiger partial charge < -0.3 is 9.63 Å². The zero-order chi connectivity index (χ0) is 23.3. The molecule has 2 heterocycles. The number of nitrogens with zero attached hydrogens (tertiary/aromatic N) is 4. The zero-order valence-corrected chi connectivity index (χ0v) is 18.7. The van der Waals surface area contributed by atoms with Crippen molar-refractivity contribution in [3.05, 3.63) is 51.9 Å². The molecule has 2 aliphatic carbocycles. The molecule has 3 aromatic rings. The van der Waals surface area contributed by atoms with E-state index in [1.165, 1.54) is 10.7 Å². The number of aromatic nitrogens is 4. The van der Waals surface area contributed by atoms with Crippen LogP contribution in [0.25, 0.3) is 11.6 Å². The lowest BCUT2D eigenvalue weighted by molar-refractivity contribution is -0.143. The maximum Gasteiger partial charge on any atom is 0.306 e. The summed E-state index contributed by atoms with van der Waals surface area (Å²) < 4.78 is 34.0. The normalized spacial score (nSPS) is 22.0. The van der Waals surface area contributed by atoms with E-state index in [1.54, 1.807) is 0 Å². The summed E-state index contributed by atoms with van der Waals surface area (Å²) in [4.78, 5) is 15.9. The van der Waals surface area contributed by atoms with E-state index in [2.05, 4.69) is 15.2 Å². The Morgan fingerprint density at radius 3 is 2.58 bits per heavy atom. The van der Waals surface area contributed by atoms with E-state index in [0.29, 0.717) is 42.2 Å². The fourth-order valence-electron chi connectivity index (χ4n) is 4.79. The second kappa shape index (κ2) is 8.20. The lowest BCUT2D eigenvalue weighted by Gasteiger charge is -2.27. The standard InChI is InChI=1S/C23H23ClF2N4O3/c1-12-2-7-15(16(24)10-12)23(8-9-23)22-27-20(33-29-22)18-11-17(19(25)26)28-30(18)14-5-3-13(4-6-14)21(31)32/h2,7,10-11,13-14,19H,3-6,8-9H2,1H3,(H,31,32). The first-order chi connectivity index (χ1) is 15.8. The van der Waals surface area contributed by atoms with Crippen molar-refractivity contribution in [3.8, 4) is 11.6 Å². The highest BCUT2D eigenvalue weighted by Crippen LogP contribution is 2.54. The number of carboxylic acid groups (broad SMARTS) is 1. The van der Waals surface area contributed by atoms with Crippen molar-refractivity contribution in [2.75, 3.05) is 0 Å². The number of aliphatic carboxylic acids is 1. The average Bonchev–Trinajstić information content (AvgIpc) is 3.22. The minimum Gasteiger partial charge on any atom is -0.481 e. The summed E-state index contributed by atoms with van der Waals surface area (Å²) in [6.45, 7) is 1.97. The molecule has 0 amide bonds. The van der Waals surface area contributed by atoms with Crippen LogP contribution in [-0.4, -0.2) is 31.0 Å². The molecule has 2 aromatic heterocycles. The van der Waals surface area contributed by atoms with Crippen molar-refractivity contribution in [2.45, 2.75) is 63.3 Å². The first-order valence-corrected chi connectivity index (χ1v) is 11.4. The topological polar surface area (TPSA) is 94.0 Å². The van der Waals surface area contributed by atoms with Crippen LogP contribution in [0.1, 0.15) is 73.6 Å². The maximum absolute atomic E-state index is 13.5. The maximum atomic E-state index is 13.5. The Balaban J connectivity index is 1.48. The lowest BCUT2D eigenvalue weighted by Crippen LogP contribution is -2.24. The predicted octanol–water partition coefficient (Wildman–Crippen LogP) is 5.73. The number of rotatable bonds is 6. The summed E-state index contributed by atoms with van der Waals surface area (Å²) in [5.41, 5.74) is 1.49. The third kappa shape index (κ3) is 3.92. The molecule has 0 atom stereocenters. The van der Waals surface area contributed by atoms with E-state index < -0.39 is 23.7 Å². The Kier molecular flexibility index (Phi) is 5.47. The quantitative estimate of drug-likeness (QED) is 0.488. The van der Waals surface area contributed by atoms with E-state index in [4.69, 9.17) is 16.1 Å². The van der Waals surface area contributed by atoms with Gasteiger partial charge in [0.2, 0.25) is 0 Å². The number of carboxylic acids is 1. The van der Waals surface area contributed by atoms with Crippen LogP contribution in [0.15, 0.2) is 28.8 Å². The third-order valence-corrected chi connectivity index (χ3v) is 7.15. The summed E-state index contributed by atoms with van der Waals surface area (Å²) in [7, 11) is 0. The SMILES string of the molecule is Cc1ccc(C2(c3noc(-c4cc(C(F)F)nn4C4CCC(C(=O)O)CC4)n3)CC2)c(Cl)c1. The van der Waals surface area contributed by atoms with Gasteiger partial charge in [-0.1, -0.05) is 28.9 Å². The first kappa shape index (κ1) is 22.0. The number of alkyl halides is 2. The highest BCUT2D eigenvalue weighted by atomic mass is 35.5. The number of halogens is 3. The van der Waals surface area contributed by atoms with Crippen LogP contribution >= 0.6 is 11.6 Å². The van der Waals surface area contributed by atoms with Gasteiger partial charge in [-0.25, -0.2) is 8.78 Å². The van der Waals surface area contributed by atoms with Crippen LogP contribution in [0.2, 0.25) is 5.02 Å². The molecule has 5 rings (SSSR count). The fraction of sp³-hybridized carbons (Fsp3) is 0.478. The van der Waals surface area contributed by atoms with Crippen LogP contribution < -0.4 is 0 Å². The second-order valence-electron chi connectivity index (χ2n) is 9.03. The van der Waals surface area contributed by atoms with Gasteiger partial charge in [0.05, 0.1) is 17.4 Å². The molecule has 2 aliphatic rings. The molecule has 0 radical (unpaired) electrons. The molecule has 174 valence electrons. The van der Waals surface area contributed by atoms with E-state index in [1.807, 2.05) is 25.1 Å². The summed E-state index contributed by atoms with van der Waals surface area (Å²) in [6.07, 6.45) is 0.867. The number of carbonyl (C=O) groups is 1. The molecular formula is C23H23ClF2N4O3. The van der Waals surface area contributed by atoms with Crippen LogP contribution in [0.3, 0.4) is 0 Å². The molecule has 2 saturated carbocycles. The van der Waals surface area contributed by atoms with Crippen molar-refractivity contribution in [1.82, 2.24) is 19.9 Å². The minimum atomic E-state index is -2.75. The van der Waals surface area contributed by atoms with Gasteiger partial charge in [-0.05, 0) is 68.7 Å². The first-order valence-electron chi connectivity index (χ1n) is 11.0. The Bertz CT molecular complexity index is 1200. The number of hydrogen-bond donors (Lipinski definition) is 1. The summed E-state index contributed by atoms with van der Waals surface area (Å²) >= 11 is 6.50. The lowest BCUT2D eigenvalue weighted by atomic mass is 9.86. The minimum absolute atomic E-state index is 0.124. The van der Waals surface area contributed by atoms with Gasteiger partial charge in [0.1, 0.15) is 11.4 Å². The molecule has 1 aromatic carbocycles. The summed E-state index contributed by atoms with van der Waals surface area (Å²) in [5.74, 6) is -0.643. The molecule has 1 N–H and O–H groups in total. The van der Waals surface area contributed by atoms with Gasteiger partial charge in [0.25, 0.3) is 12.3 Å². The highest BCUT2D eigenvalue weighted by Gasteiger charge is 2.51. The number of aryl methyl sites for hydroxylation is 1. The van der Waals surface area contributed by atoms with Gasteiger partial charge in [-0.3, -0.25) is 9.48 Å². The molecular weight excluding hydrogens is 454 g/mol. The van der Waals surface area contributed by atoms with E-state index in [9.17, 15) is 18.7 Å². The van der Waals surface area contributed by atoms with Crippen molar-refractivity contribution in [3.63, 3.8) is 0 Å². The van der Waals surface area contributed by atoms with Crippen molar-refractivity contribution in [1.29, 1.82) is 0 Å². The van der Waals surface area contributed by atoms with Crippen molar-refractivity contribution < 1.29 is 23.2 Å². The van der Waals surface area contributed by atoms with E-state index in [-0.39, 0.29) is 17.6 Å². The largest absolute Gasteiger partial charge is 0.481 e. The number of benzene rings is 1. The molecule has 2 fully saturated rings. The molecule has 33 heavy (non-hydrogen) atoms. The van der Waals surface area contributed by atoms with Crippen LogP contribution in [0.4, 0.5) is 8.78 Å². The molecule has 10 heteroatoms. The summed E-state index contributed by atoms with van der Waals surface area (Å²) in [5, 5.41) is 18.2. The Morgan fingerprint density at radius 1 is 1.24 bits per heavy atom. The van der Waals surface area contributed by atoms with Gasteiger partial charge in [0, 0.05) is 5.02 Å². The van der Waals surface area contributed by atoms with Gasteiger partial charge in [-0.15, -0.1) is 0 Å². The van der Waals surface area contributed by atoms with Crippen LogP contribution in [0, 0.1) is 12.8 Å². The average molecular weight is 477 g/mol. The Hall–Kier alpha value is -2.81. The molecule has 0 unspecified atom stereocenters. The smallest absolute Gasteiger partial charge is 0.306 e. The Morgan fingerprint density at radius 2 is 1.97 bits per heavy atom. The zero-order valence-electron chi connectivity index (χ0n) is 18.0. The van der Waals surface area contributed by atoms with Gasteiger partial charge in [-0.2, -0.15) is 10.1 Å². The van der Waals surface area contributed by atoms with E-state index in [0.717, 1.165) is 24.0 Å². The molecule has 0 saturated heterocycles. The molecule has 0 bridgehead atoms. The van der Waals surface area contributed by atoms with Crippen LogP contribution in [0.5, 0.6) is 0 Å². The third-order valence-electron chi connectivity index (χ3n) is 6.83.